The van der Waals surface area contributed by atoms with Crippen LogP contribution in [0.15, 0.2) is 36.4 Å². The topological polar surface area (TPSA) is 49.8 Å². The van der Waals surface area contributed by atoms with E-state index in [1.54, 1.807) is 18.1 Å². The van der Waals surface area contributed by atoms with Gasteiger partial charge in [0.05, 0.1) is 18.9 Å². The summed E-state index contributed by atoms with van der Waals surface area (Å²) in [6.45, 7) is -0.151. The Hall–Kier alpha value is -2.28. The molecule has 0 spiro atoms. The molecule has 2 aromatic rings. The monoisotopic (exact) mass is 353 g/mol. The molecule has 0 radical (unpaired) electrons. The smallest absolute Gasteiger partial charge is 0.393 e. The lowest BCUT2D eigenvalue weighted by molar-refractivity contribution is -0.188. The first-order valence-electron chi connectivity index (χ1n) is 7.87. The summed E-state index contributed by atoms with van der Waals surface area (Å²) in [5.41, 5.74) is 0.850. The van der Waals surface area contributed by atoms with Crippen LogP contribution in [0.2, 0.25) is 0 Å². The third-order valence-corrected chi connectivity index (χ3v) is 4.72. The van der Waals surface area contributed by atoms with Crippen LogP contribution in [0.5, 0.6) is 5.75 Å². The molecular weight excluding hydrogens is 335 g/mol. The van der Waals surface area contributed by atoms with Crippen molar-refractivity contribution in [3.63, 3.8) is 0 Å². The van der Waals surface area contributed by atoms with Crippen LogP contribution in [0.3, 0.4) is 0 Å². The van der Waals surface area contributed by atoms with Gasteiger partial charge in [-0.25, -0.2) is 0 Å². The zero-order valence-corrected chi connectivity index (χ0v) is 13.6. The molecule has 1 fully saturated rings. The number of fused-ring (bicyclic) bond motifs is 1. The fraction of sp³-hybridized carbons (Fsp3) is 0.389. The summed E-state index contributed by atoms with van der Waals surface area (Å²) in [5.74, 6) is -3.97. The second kappa shape index (κ2) is 6.55. The molecule has 7 heteroatoms. The molecule has 1 N–H and O–H groups in total. The summed E-state index contributed by atoms with van der Waals surface area (Å²) in [6.07, 6.45) is -4.51. The maximum atomic E-state index is 13.1. The number of benzene rings is 2. The van der Waals surface area contributed by atoms with Crippen molar-refractivity contribution in [2.24, 2.45) is 11.8 Å². The zero-order valence-electron chi connectivity index (χ0n) is 13.6. The van der Waals surface area contributed by atoms with Gasteiger partial charge in [-0.3, -0.25) is 9.69 Å². The largest absolute Gasteiger partial charge is 0.496 e. The highest BCUT2D eigenvalue weighted by molar-refractivity contribution is 5.91. The van der Waals surface area contributed by atoms with Gasteiger partial charge in [0.25, 0.3) is 0 Å². The van der Waals surface area contributed by atoms with Gasteiger partial charge in [-0.05, 0) is 17.0 Å². The van der Waals surface area contributed by atoms with Gasteiger partial charge < -0.3 is 9.84 Å². The first-order chi connectivity index (χ1) is 11.8. The molecule has 0 unspecified atom stereocenters. The lowest BCUT2D eigenvalue weighted by Gasteiger charge is -2.19. The normalized spacial score (nSPS) is 21.6. The third kappa shape index (κ3) is 3.42. The van der Waals surface area contributed by atoms with Crippen molar-refractivity contribution in [2.45, 2.75) is 12.7 Å². The van der Waals surface area contributed by atoms with E-state index in [2.05, 4.69) is 0 Å². The summed E-state index contributed by atoms with van der Waals surface area (Å²) < 4.78 is 44.7. The Labute approximate surface area is 142 Å². The number of carbonyl (C=O) groups is 1. The van der Waals surface area contributed by atoms with Crippen molar-refractivity contribution in [1.82, 2.24) is 4.90 Å². The molecule has 0 aliphatic carbocycles. The number of halogens is 3. The number of methoxy groups -OCH3 is 1. The molecular formula is C18H18F3NO3. The number of carboxylic acid groups (broad SMARTS) is 1. The van der Waals surface area contributed by atoms with Crippen molar-refractivity contribution >= 4 is 16.7 Å². The Bertz CT molecular complexity index is 791. The molecule has 1 saturated heterocycles. The molecule has 2 aromatic carbocycles. The average Bonchev–Trinajstić information content (AvgIpc) is 3.00. The number of ether oxygens (including phenoxy) is 1. The SMILES string of the molecule is COc1ccc(CN2C[C@@H](C(F)(F)F)[C@H](C(=O)O)C2)c2ccccc12. The Morgan fingerprint density at radius 3 is 2.44 bits per heavy atom. The van der Waals surface area contributed by atoms with Gasteiger partial charge in [0.2, 0.25) is 0 Å². The molecule has 0 bridgehead atoms. The van der Waals surface area contributed by atoms with Crippen molar-refractivity contribution in [1.29, 1.82) is 0 Å². The second-order valence-electron chi connectivity index (χ2n) is 6.26. The number of hydrogen-bond acceptors (Lipinski definition) is 3. The number of aliphatic carboxylic acids is 1. The summed E-state index contributed by atoms with van der Waals surface area (Å²) >= 11 is 0. The van der Waals surface area contributed by atoms with E-state index in [9.17, 15) is 18.0 Å². The molecule has 3 rings (SSSR count). The molecule has 1 aliphatic heterocycles. The van der Waals surface area contributed by atoms with E-state index in [0.717, 1.165) is 16.3 Å². The van der Waals surface area contributed by atoms with Crippen LogP contribution in [0, 0.1) is 11.8 Å². The van der Waals surface area contributed by atoms with Crippen molar-refractivity contribution in [3.8, 4) is 5.75 Å². The molecule has 2 atom stereocenters. The van der Waals surface area contributed by atoms with Gasteiger partial charge in [-0.1, -0.05) is 30.3 Å². The Morgan fingerprint density at radius 1 is 1.20 bits per heavy atom. The van der Waals surface area contributed by atoms with E-state index in [0.29, 0.717) is 5.75 Å². The fourth-order valence-corrected chi connectivity index (χ4v) is 3.49. The van der Waals surface area contributed by atoms with E-state index in [1.165, 1.54) is 0 Å². The van der Waals surface area contributed by atoms with Crippen molar-refractivity contribution < 1.29 is 27.8 Å². The van der Waals surface area contributed by atoms with E-state index in [4.69, 9.17) is 9.84 Å². The predicted molar refractivity (Wildman–Crippen MR) is 86.4 cm³/mol. The lowest BCUT2D eigenvalue weighted by Crippen LogP contribution is -2.33. The molecule has 0 saturated carbocycles. The van der Waals surface area contributed by atoms with E-state index >= 15 is 0 Å². The van der Waals surface area contributed by atoms with Crippen LogP contribution in [0.1, 0.15) is 5.56 Å². The van der Waals surface area contributed by atoms with Crippen LogP contribution in [0.25, 0.3) is 10.8 Å². The van der Waals surface area contributed by atoms with E-state index < -0.39 is 24.0 Å². The quantitative estimate of drug-likeness (QED) is 0.913. The fourth-order valence-electron chi connectivity index (χ4n) is 3.49. The molecule has 0 aromatic heterocycles. The number of alkyl halides is 3. The van der Waals surface area contributed by atoms with Gasteiger partial charge >= 0.3 is 12.1 Å². The maximum Gasteiger partial charge on any atom is 0.393 e. The molecule has 1 heterocycles. The predicted octanol–water partition coefficient (Wildman–Crippen LogP) is 3.54. The van der Waals surface area contributed by atoms with Crippen LogP contribution < -0.4 is 4.74 Å². The molecule has 134 valence electrons. The van der Waals surface area contributed by atoms with Crippen LogP contribution in [-0.4, -0.2) is 42.4 Å². The average molecular weight is 353 g/mol. The van der Waals surface area contributed by atoms with Gasteiger partial charge in [0.1, 0.15) is 5.75 Å². The number of hydrogen-bond donors (Lipinski definition) is 1. The van der Waals surface area contributed by atoms with E-state index in [-0.39, 0.29) is 19.6 Å². The minimum Gasteiger partial charge on any atom is -0.496 e. The zero-order chi connectivity index (χ0) is 18.2. The van der Waals surface area contributed by atoms with Crippen LogP contribution >= 0.6 is 0 Å². The number of nitrogens with zero attached hydrogens (tertiary/aromatic N) is 1. The summed E-state index contributed by atoms with van der Waals surface area (Å²) in [4.78, 5) is 12.8. The first kappa shape index (κ1) is 17.5. The molecule has 4 nitrogen and oxygen atoms in total. The van der Waals surface area contributed by atoms with Gasteiger partial charge in [-0.15, -0.1) is 0 Å². The Kier molecular flexibility index (Phi) is 4.60. The number of rotatable bonds is 4. The van der Waals surface area contributed by atoms with Crippen molar-refractivity contribution in [2.75, 3.05) is 20.2 Å². The van der Waals surface area contributed by atoms with Crippen molar-refractivity contribution in [3.05, 3.63) is 42.0 Å². The highest BCUT2D eigenvalue weighted by Crippen LogP contribution is 2.39. The minimum atomic E-state index is -4.51. The molecule has 0 amide bonds. The maximum absolute atomic E-state index is 13.1. The van der Waals surface area contributed by atoms with E-state index in [1.807, 2.05) is 30.3 Å². The standard InChI is InChI=1S/C18H18F3NO3/c1-25-16-7-6-11(12-4-2-3-5-13(12)16)8-22-9-14(17(23)24)15(10-22)18(19,20)21/h2-7,14-15H,8-10H2,1H3,(H,23,24)/t14-,15-/m1/s1. The highest BCUT2D eigenvalue weighted by Gasteiger charge is 2.52. The second-order valence-corrected chi connectivity index (χ2v) is 6.26. The van der Waals surface area contributed by atoms with Crippen LogP contribution in [0.4, 0.5) is 13.2 Å². The summed E-state index contributed by atoms with van der Waals surface area (Å²) in [5, 5.41) is 10.9. The number of carboxylic acids is 1. The first-order valence-corrected chi connectivity index (χ1v) is 7.87. The molecule has 1 aliphatic rings. The summed E-state index contributed by atoms with van der Waals surface area (Å²) in [6, 6.07) is 11.1. The van der Waals surface area contributed by atoms with Crippen LogP contribution in [-0.2, 0) is 11.3 Å². The Balaban J connectivity index is 1.89. The lowest BCUT2D eigenvalue weighted by atomic mass is 9.96. The summed E-state index contributed by atoms with van der Waals surface area (Å²) in [7, 11) is 1.56. The third-order valence-electron chi connectivity index (χ3n) is 4.72. The minimum absolute atomic E-state index is 0.111. The van der Waals surface area contributed by atoms with Gasteiger partial charge in [-0.2, -0.15) is 13.2 Å². The molecule has 25 heavy (non-hydrogen) atoms. The number of likely N-dealkylation sites (tertiary alicyclic amines) is 1. The Morgan fingerprint density at radius 2 is 1.88 bits per heavy atom. The van der Waals surface area contributed by atoms with Gasteiger partial charge in [0, 0.05) is 25.0 Å². The van der Waals surface area contributed by atoms with Gasteiger partial charge in [0.15, 0.2) is 0 Å². The highest BCUT2D eigenvalue weighted by atomic mass is 19.4.